The number of carbonyl (C=O) groups is 1. The molecule has 0 radical (unpaired) electrons. The molecule has 0 spiro atoms. The molecule has 26 heavy (non-hydrogen) atoms. The van der Waals surface area contributed by atoms with Crippen molar-refractivity contribution < 1.29 is 9.90 Å². The van der Waals surface area contributed by atoms with E-state index in [4.69, 9.17) is 10.1 Å². The monoisotopic (exact) mass is 367 g/mol. The van der Waals surface area contributed by atoms with E-state index in [0.29, 0.717) is 0 Å². The minimum absolute atomic E-state index is 0.203. The van der Waals surface area contributed by atoms with Crippen LogP contribution < -0.4 is 5.32 Å². The van der Waals surface area contributed by atoms with Gasteiger partial charge in [-0.1, -0.05) is 29.5 Å². The molecule has 7 nitrogen and oxygen atoms in total. The second kappa shape index (κ2) is 6.47. The predicted octanol–water partition coefficient (Wildman–Crippen LogP) is 2.41. The highest BCUT2D eigenvalue weighted by atomic mass is 32.1. The summed E-state index contributed by atoms with van der Waals surface area (Å²) < 4.78 is 1.95. The zero-order chi connectivity index (χ0) is 18.3. The number of benzene rings is 1. The van der Waals surface area contributed by atoms with Crippen LogP contribution in [0.2, 0.25) is 0 Å². The van der Waals surface area contributed by atoms with Crippen molar-refractivity contribution in [2.75, 3.05) is 6.61 Å². The van der Waals surface area contributed by atoms with Crippen LogP contribution in [0.5, 0.6) is 0 Å². The van der Waals surface area contributed by atoms with E-state index < -0.39 is 12.5 Å². The van der Waals surface area contributed by atoms with Gasteiger partial charge in [0.15, 0.2) is 0 Å². The lowest BCUT2D eigenvalue weighted by atomic mass is 10.1. The van der Waals surface area contributed by atoms with Crippen LogP contribution in [-0.4, -0.2) is 37.1 Å². The van der Waals surface area contributed by atoms with Crippen LogP contribution in [0, 0.1) is 0 Å². The second-order valence-corrected chi connectivity index (χ2v) is 7.07. The van der Waals surface area contributed by atoms with Crippen LogP contribution in [0.1, 0.15) is 18.5 Å². The van der Waals surface area contributed by atoms with Crippen LogP contribution in [0.25, 0.3) is 32.0 Å². The Balaban J connectivity index is 1.76. The number of rotatable bonds is 4. The third-order valence-corrected chi connectivity index (χ3v) is 5.27. The average Bonchev–Trinajstić information content (AvgIpc) is 3.25. The number of amides is 1. The fourth-order valence-corrected chi connectivity index (χ4v) is 3.85. The normalized spacial score (nSPS) is 12.6. The third kappa shape index (κ3) is 2.83. The molecule has 1 aromatic carbocycles. The predicted molar refractivity (Wildman–Crippen MR) is 101 cm³/mol. The van der Waals surface area contributed by atoms with Gasteiger partial charge < -0.3 is 15.0 Å². The maximum absolute atomic E-state index is 11.4. The fourth-order valence-electron chi connectivity index (χ4n) is 2.94. The molecular weight excluding hydrogens is 350 g/mol. The number of aromatic nitrogens is 4. The highest BCUT2D eigenvalue weighted by molar-refractivity contribution is 7.21. The first-order valence-electron chi connectivity index (χ1n) is 8.14. The topological polar surface area (TPSA) is 92.9 Å². The Hall–Kier alpha value is -2.84. The number of nitrogens with zero attached hydrogens (tertiary/aromatic N) is 4. The van der Waals surface area contributed by atoms with Crippen molar-refractivity contribution in [3.05, 3.63) is 42.4 Å². The van der Waals surface area contributed by atoms with E-state index in [1.165, 1.54) is 11.3 Å². The third-order valence-electron chi connectivity index (χ3n) is 4.26. The summed E-state index contributed by atoms with van der Waals surface area (Å²) in [5, 5.41) is 12.5. The highest BCUT2D eigenvalue weighted by Crippen LogP contribution is 2.33. The zero-order valence-electron chi connectivity index (χ0n) is 14.3. The van der Waals surface area contributed by atoms with Crippen LogP contribution in [0.3, 0.4) is 0 Å². The van der Waals surface area contributed by atoms with Crippen molar-refractivity contribution in [2.45, 2.75) is 13.0 Å². The Morgan fingerprint density at radius 2 is 2.23 bits per heavy atom. The number of aliphatic hydroxyl groups excluding tert-OH is 1. The number of nitrogens with one attached hydrogen (secondary N) is 1. The van der Waals surface area contributed by atoms with E-state index in [1.54, 1.807) is 12.5 Å². The van der Waals surface area contributed by atoms with Gasteiger partial charge in [0.25, 0.3) is 0 Å². The lowest BCUT2D eigenvalue weighted by molar-refractivity contribution is -0.124. The molecule has 4 aromatic rings. The molecule has 1 atom stereocenters. The average molecular weight is 367 g/mol. The van der Waals surface area contributed by atoms with Crippen molar-refractivity contribution in [2.24, 2.45) is 7.05 Å². The van der Waals surface area contributed by atoms with Crippen molar-refractivity contribution in [1.82, 2.24) is 24.8 Å². The van der Waals surface area contributed by atoms with Gasteiger partial charge in [-0.25, -0.2) is 15.0 Å². The molecule has 0 saturated carbocycles. The van der Waals surface area contributed by atoms with Gasteiger partial charge in [-0.15, -0.1) is 0 Å². The Labute approximate surface area is 153 Å². The Morgan fingerprint density at radius 3 is 3.04 bits per heavy atom. The summed E-state index contributed by atoms with van der Waals surface area (Å²) >= 11 is 1.53. The number of aryl methyl sites for hydroxylation is 1. The quantitative estimate of drug-likeness (QED) is 0.578. The maximum atomic E-state index is 11.4. The summed E-state index contributed by atoms with van der Waals surface area (Å²) in [6.45, 7) is 1.36. The van der Waals surface area contributed by atoms with Gasteiger partial charge in [0, 0.05) is 12.6 Å². The van der Waals surface area contributed by atoms with Crippen molar-refractivity contribution in [1.29, 1.82) is 0 Å². The largest absolute Gasteiger partial charge is 0.387 e. The molecule has 0 aliphatic heterocycles. The zero-order valence-corrected chi connectivity index (χ0v) is 15.1. The number of pyridine rings is 1. The smallest absolute Gasteiger partial charge is 0.246 e. The Bertz CT molecular complexity index is 1120. The molecule has 0 unspecified atom stereocenters. The maximum Gasteiger partial charge on any atom is 0.246 e. The fraction of sp³-hybridized carbons (Fsp3) is 0.222. The SMILES string of the molecule is C[C@H](NC(=O)CO)c1cccc(-c2nc3c(ncc4ncn(C)c43)s2)c1. The summed E-state index contributed by atoms with van der Waals surface area (Å²) in [4.78, 5) is 25.9. The summed E-state index contributed by atoms with van der Waals surface area (Å²) in [6, 6.07) is 7.66. The first-order valence-corrected chi connectivity index (χ1v) is 8.95. The van der Waals surface area contributed by atoms with E-state index in [2.05, 4.69) is 15.3 Å². The van der Waals surface area contributed by atoms with E-state index >= 15 is 0 Å². The van der Waals surface area contributed by atoms with E-state index in [-0.39, 0.29) is 6.04 Å². The van der Waals surface area contributed by atoms with Crippen LogP contribution >= 0.6 is 11.3 Å². The van der Waals surface area contributed by atoms with Crippen LogP contribution in [-0.2, 0) is 11.8 Å². The van der Waals surface area contributed by atoms with E-state index in [1.807, 2.05) is 42.8 Å². The molecule has 3 aromatic heterocycles. The number of hydrogen-bond acceptors (Lipinski definition) is 6. The van der Waals surface area contributed by atoms with Gasteiger partial charge in [-0.3, -0.25) is 4.79 Å². The van der Waals surface area contributed by atoms with Gasteiger partial charge in [0.1, 0.15) is 27.5 Å². The molecule has 2 N–H and O–H groups in total. The summed E-state index contributed by atoms with van der Waals surface area (Å²) in [5.74, 6) is -0.398. The van der Waals surface area contributed by atoms with Crippen LogP contribution in [0.15, 0.2) is 36.8 Å². The summed E-state index contributed by atoms with van der Waals surface area (Å²) in [6.07, 6.45) is 3.53. The highest BCUT2D eigenvalue weighted by Gasteiger charge is 2.15. The lowest BCUT2D eigenvalue weighted by Crippen LogP contribution is -2.28. The summed E-state index contributed by atoms with van der Waals surface area (Å²) in [7, 11) is 1.94. The van der Waals surface area contributed by atoms with Crippen LogP contribution in [0.4, 0.5) is 0 Å². The van der Waals surface area contributed by atoms with Gasteiger partial charge in [-0.05, 0) is 18.6 Å². The van der Waals surface area contributed by atoms with Gasteiger partial charge in [0.2, 0.25) is 5.91 Å². The molecular formula is C18H17N5O2S. The lowest BCUT2D eigenvalue weighted by Gasteiger charge is -2.14. The number of fused-ring (bicyclic) bond motifs is 3. The Kier molecular flexibility index (Phi) is 4.14. The molecule has 0 fully saturated rings. The number of thiazole rings is 1. The van der Waals surface area contributed by atoms with Crippen molar-refractivity contribution in [3.63, 3.8) is 0 Å². The van der Waals surface area contributed by atoms with Gasteiger partial charge >= 0.3 is 0 Å². The molecule has 132 valence electrons. The molecule has 0 aliphatic rings. The molecule has 8 heteroatoms. The number of carbonyl (C=O) groups excluding carboxylic acids is 1. The number of hydrogen-bond donors (Lipinski definition) is 2. The van der Waals surface area contributed by atoms with Gasteiger partial charge in [0.05, 0.1) is 24.1 Å². The Morgan fingerprint density at radius 1 is 1.38 bits per heavy atom. The second-order valence-electron chi connectivity index (χ2n) is 6.09. The number of aliphatic hydroxyl groups is 1. The molecule has 0 aliphatic carbocycles. The minimum atomic E-state index is -0.520. The molecule has 4 rings (SSSR count). The molecule has 3 heterocycles. The van der Waals surface area contributed by atoms with Gasteiger partial charge in [-0.2, -0.15) is 0 Å². The first-order chi connectivity index (χ1) is 12.6. The van der Waals surface area contributed by atoms with Crippen molar-refractivity contribution in [3.8, 4) is 10.6 Å². The molecule has 0 bridgehead atoms. The standard InChI is InChI=1S/C18H17N5O2S/c1-10(21-14(25)8-24)11-4-3-5-12(6-11)17-22-15-16-13(20-9-23(16)2)7-19-18(15)26-17/h3-7,9-10,24H,8H2,1-2H3,(H,21,25)/t10-/m0/s1. The van der Waals surface area contributed by atoms with E-state index in [9.17, 15) is 4.79 Å². The molecule has 0 saturated heterocycles. The minimum Gasteiger partial charge on any atom is -0.387 e. The first kappa shape index (κ1) is 16.6. The number of imidazole rings is 1. The molecule has 1 amide bonds. The van der Waals surface area contributed by atoms with E-state index in [0.717, 1.165) is 37.5 Å². The summed E-state index contributed by atoms with van der Waals surface area (Å²) in [5.41, 5.74) is 4.55. The van der Waals surface area contributed by atoms with Crippen molar-refractivity contribution >= 4 is 38.6 Å².